The summed E-state index contributed by atoms with van der Waals surface area (Å²) in [7, 11) is 0. The molecule has 0 saturated carbocycles. The van der Waals surface area contributed by atoms with Crippen LogP contribution in [0.15, 0.2) is 34.1 Å². The molecule has 0 spiro atoms. The van der Waals surface area contributed by atoms with Gasteiger partial charge in [0.2, 0.25) is 0 Å². The first kappa shape index (κ1) is 14.3. The van der Waals surface area contributed by atoms with Crippen molar-refractivity contribution in [3.8, 4) is 0 Å². The van der Waals surface area contributed by atoms with Gasteiger partial charge in [-0.3, -0.25) is 4.90 Å². The number of thiophene rings is 1. The van der Waals surface area contributed by atoms with Crippen LogP contribution in [0.5, 0.6) is 0 Å². The summed E-state index contributed by atoms with van der Waals surface area (Å²) in [4.78, 5) is 4.11. The van der Waals surface area contributed by atoms with Gasteiger partial charge in [0.25, 0.3) is 0 Å². The van der Waals surface area contributed by atoms with Crippen molar-refractivity contribution < 1.29 is 0 Å². The van der Waals surface area contributed by atoms with Crippen LogP contribution in [0.3, 0.4) is 0 Å². The maximum atomic E-state index is 5.69. The fourth-order valence-electron chi connectivity index (χ4n) is 2.84. The largest absolute Gasteiger partial charge is 0.326 e. The molecule has 1 aromatic heterocycles. The Morgan fingerprint density at radius 2 is 2.25 bits per heavy atom. The average Bonchev–Trinajstić information content (AvgIpc) is 2.93. The molecular formula is C16H19BrN2S. The quantitative estimate of drug-likeness (QED) is 0.903. The van der Waals surface area contributed by atoms with Crippen molar-refractivity contribution in [3.05, 3.63) is 55.7 Å². The molecule has 1 atom stereocenters. The van der Waals surface area contributed by atoms with Crippen molar-refractivity contribution in [1.29, 1.82) is 0 Å². The Balaban J connectivity index is 1.79. The van der Waals surface area contributed by atoms with Gasteiger partial charge in [0.1, 0.15) is 0 Å². The highest BCUT2D eigenvalue weighted by Gasteiger charge is 2.24. The van der Waals surface area contributed by atoms with E-state index >= 15 is 0 Å². The molecule has 2 N–H and O–H groups in total. The Bertz CT molecular complexity index is 608. The number of fused-ring (bicyclic) bond motifs is 1. The van der Waals surface area contributed by atoms with Crippen molar-refractivity contribution in [3.63, 3.8) is 0 Å². The molecule has 0 radical (unpaired) electrons. The summed E-state index contributed by atoms with van der Waals surface area (Å²) in [5, 5.41) is 2.22. The summed E-state index contributed by atoms with van der Waals surface area (Å²) in [6.07, 6.45) is 1.18. The second-order valence-corrected chi connectivity index (χ2v) is 7.18. The summed E-state index contributed by atoms with van der Waals surface area (Å²) in [5.74, 6) is 0. The highest BCUT2D eigenvalue weighted by molar-refractivity contribution is 9.10. The van der Waals surface area contributed by atoms with E-state index in [-0.39, 0.29) is 0 Å². The Morgan fingerprint density at radius 3 is 3.00 bits per heavy atom. The number of benzene rings is 1. The third kappa shape index (κ3) is 2.70. The number of nitrogens with two attached hydrogens (primary N) is 1. The van der Waals surface area contributed by atoms with Crippen molar-refractivity contribution in [1.82, 2.24) is 4.90 Å². The fraction of sp³-hybridized carbons (Fsp3) is 0.375. The van der Waals surface area contributed by atoms with Crippen molar-refractivity contribution in [2.45, 2.75) is 32.5 Å². The number of rotatable bonds is 3. The monoisotopic (exact) mass is 350 g/mol. The Kier molecular flexibility index (Phi) is 4.26. The standard InChI is InChI=1S/C16H19BrN2S/c1-11-14-5-7-20-16(14)4-6-19(11)10-13-3-2-12(9-18)8-15(13)17/h2-3,5,7-8,11H,4,6,9-10,18H2,1H3. The number of hydrogen-bond acceptors (Lipinski definition) is 3. The zero-order valence-electron chi connectivity index (χ0n) is 11.6. The predicted molar refractivity (Wildman–Crippen MR) is 88.9 cm³/mol. The first-order chi connectivity index (χ1) is 9.69. The first-order valence-corrected chi connectivity index (χ1v) is 8.64. The maximum Gasteiger partial charge on any atom is 0.0334 e. The van der Waals surface area contributed by atoms with Crippen LogP contribution in [0.4, 0.5) is 0 Å². The van der Waals surface area contributed by atoms with E-state index in [1.807, 2.05) is 11.3 Å². The number of halogens is 1. The van der Waals surface area contributed by atoms with Crippen LogP contribution in [-0.2, 0) is 19.5 Å². The minimum absolute atomic E-state index is 0.506. The van der Waals surface area contributed by atoms with E-state index < -0.39 is 0 Å². The second kappa shape index (κ2) is 5.98. The predicted octanol–water partition coefficient (Wildman–Crippen LogP) is 4.09. The Hall–Kier alpha value is -0.680. The molecule has 20 heavy (non-hydrogen) atoms. The molecular weight excluding hydrogens is 332 g/mol. The van der Waals surface area contributed by atoms with Crippen molar-refractivity contribution in [2.75, 3.05) is 6.54 Å². The van der Waals surface area contributed by atoms with Crippen LogP contribution in [0.1, 0.15) is 34.5 Å². The SMILES string of the molecule is CC1c2ccsc2CCN1Cc1ccc(CN)cc1Br. The molecule has 2 aromatic rings. The zero-order valence-corrected chi connectivity index (χ0v) is 14.0. The summed E-state index contributed by atoms with van der Waals surface area (Å²) in [6, 6.07) is 9.25. The minimum Gasteiger partial charge on any atom is -0.326 e. The van der Waals surface area contributed by atoms with E-state index in [9.17, 15) is 0 Å². The van der Waals surface area contributed by atoms with E-state index in [4.69, 9.17) is 5.73 Å². The van der Waals surface area contributed by atoms with Crippen LogP contribution in [0.25, 0.3) is 0 Å². The Morgan fingerprint density at radius 1 is 1.40 bits per heavy atom. The van der Waals surface area contributed by atoms with Gasteiger partial charge in [-0.2, -0.15) is 0 Å². The molecule has 1 aromatic carbocycles. The average molecular weight is 351 g/mol. The second-order valence-electron chi connectivity index (χ2n) is 5.33. The molecule has 106 valence electrons. The van der Waals surface area contributed by atoms with E-state index in [1.54, 1.807) is 4.88 Å². The summed E-state index contributed by atoms with van der Waals surface area (Å²) in [5.41, 5.74) is 9.71. The summed E-state index contributed by atoms with van der Waals surface area (Å²) >= 11 is 5.57. The summed E-state index contributed by atoms with van der Waals surface area (Å²) in [6.45, 7) is 5.03. The van der Waals surface area contributed by atoms with E-state index in [2.05, 4.69) is 57.4 Å². The highest BCUT2D eigenvalue weighted by Crippen LogP contribution is 2.34. The lowest BCUT2D eigenvalue weighted by molar-refractivity contribution is 0.191. The van der Waals surface area contributed by atoms with Gasteiger partial charge in [-0.1, -0.05) is 28.1 Å². The van der Waals surface area contributed by atoms with Crippen molar-refractivity contribution in [2.24, 2.45) is 5.73 Å². The third-order valence-electron chi connectivity index (χ3n) is 4.13. The van der Waals surface area contributed by atoms with E-state index in [0.717, 1.165) is 13.1 Å². The molecule has 0 saturated heterocycles. The minimum atomic E-state index is 0.506. The first-order valence-electron chi connectivity index (χ1n) is 6.96. The lowest BCUT2D eigenvalue weighted by Crippen LogP contribution is -2.32. The normalized spacial score (nSPS) is 19.1. The summed E-state index contributed by atoms with van der Waals surface area (Å²) < 4.78 is 1.17. The van der Waals surface area contributed by atoms with Gasteiger partial charge in [0.15, 0.2) is 0 Å². The number of hydrogen-bond donors (Lipinski definition) is 1. The van der Waals surface area contributed by atoms with Crippen molar-refractivity contribution >= 4 is 27.3 Å². The lowest BCUT2D eigenvalue weighted by atomic mass is 10.0. The molecule has 4 heteroatoms. The molecule has 2 nitrogen and oxygen atoms in total. The highest BCUT2D eigenvalue weighted by atomic mass is 79.9. The van der Waals surface area contributed by atoms with Gasteiger partial charge < -0.3 is 5.73 Å². The van der Waals surface area contributed by atoms with Crippen LogP contribution in [0, 0.1) is 0 Å². The van der Waals surface area contributed by atoms with Gasteiger partial charge in [-0.15, -0.1) is 11.3 Å². The van der Waals surface area contributed by atoms with Gasteiger partial charge in [0, 0.05) is 35.0 Å². The van der Waals surface area contributed by atoms with Gasteiger partial charge in [-0.05, 0) is 47.5 Å². The van der Waals surface area contributed by atoms with Crippen LogP contribution in [0.2, 0.25) is 0 Å². The van der Waals surface area contributed by atoms with E-state index in [0.29, 0.717) is 12.6 Å². The van der Waals surface area contributed by atoms with Gasteiger partial charge in [-0.25, -0.2) is 0 Å². The molecule has 1 unspecified atom stereocenters. The number of nitrogens with zero attached hydrogens (tertiary/aromatic N) is 1. The topological polar surface area (TPSA) is 29.3 Å². The van der Waals surface area contributed by atoms with Crippen LogP contribution >= 0.6 is 27.3 Å². The maximum absolute atomic E-state index is 5.69. The molecule has 2 heterocycles. The third-order valence-corrected chi connectivity index (χ3v) is 5.87. The van der Waals surface area contributed by atoms with Gasteiger partial charge >= 0.3 is 0 Å². The molecule has 1 aliphatic heterocycles. The van der Waals surface area contributed by atoms with Gasteiger partial charge in [0.05, 0.1) is 0 Å². The van der Waals surface area contributed by atoms with Crippen LogP contribution in [-0.4, -0.2) is 11.4 Å². The Labute approximate surface area is 132 Å². The molecule has 0 fully saturated rings. The molecule has 3 rings (SSSR count). The fourth-order valence-corrected chi connectivity index (χ4v) is 4.36. The molecule has 1 aliphatic rings. The molecule has 0 amide bonds. The zero-order chi connectivity index (χ0) is 14.1. The molecule has 0 bridgehead atoms. The molecule has 0 aliphatic carbocycles. The van der Waals surface area contributed by atoms with E-state index in [1.165, 1.54) is 27.6 Å². The lowest BCUT2D eigenvalue weighted by Gasteiger charge is -2.33. The van der Waals surface area contributed by atoms with Crippen LogP contribution < -0.4 is 5.73 Å². The smallest absolute Gasteiger partial charge is 0.0334 e.